The van der Waals surface area contributed by atoms with Crippen molar-refractivity contribution >= 4 is 29.2 Å². The molecule has 1 spiro atoms. The zero-order valence-electron chi connectivity index (χ0n) is 15.1. The molecule has 7 nitrogen and oxygen atoms in total. The first kappa shape index (κ1) is 18.0. The van der Waals surface area contributed by atoms with E-state index in [9.17, 15) is 5.11 Å². The van der Waals surface area contributed by atoms with Crippen molar-refractivity contribution in [3.63, 3.8) is 0 Å². The number of hydrogen-bond acceptors (Lipinski definition) is 7. The van der Waals surface area contributed by atoms with Crippen molar-refractivity contribution in [2.75, 3.05) is 18.6 Å². The molecule has 0 saturated carbocycles. The van der Waals surface area contributed by atoms with Gasteiger partial charge in [0.1, 0.15) is 6.10 Å². The van der Waals surface area contributed by atoms with Crippen LogP contribution in [-0.4, -0.2) is 45.9 Å². The number of aliphatic hydroxyl groups is 1. The van der Waals surface area contributed by atoms with Gasteiger partial charge >= 0.3 is 0 Å². The summed E-state index contributed by atoms with van der Waals surface area (Å²) in [6.45, 7) is 1.25. The van der Waals surface area contributed by atoms with Crippen LogP contribution in [0.15, 0.2) is 24.3 Å². The van der Waals surface area contributed by atoms with Gasteiger partial charge in [-0.25, -0.2) is 0 Å². The maximum Gasteiger partial charge on any atom is 0.231 e. The third kappa shape index (κ3) is 2.64. The normalized spacial score (nSPS) is 27.6. The first-order chi connectivity index (χ1) is 13.5. The minimum absolute atomic E-state index is 0.0681. The molecule has 2 aromatic rings. The lowest BCUT2D eigenvalue weighted by Crippen LogP contribution is -2.43. The second-order valence-electron chi connectivity index (χ2n) is 7.29. The quantitative estimate of drug-likeness (QED) is 0.747. The summed E-state index contributed by atoms with van der Waals surface area (Å²) < 4.78 is 11.9. The van der Waals surface area contributed by atoms with Crippen LogP contribution in [0.5, 0.6) is 11.5 Å². The van der Waals surface area contributed by atoms with Crippen LogP contribution in [0.2, 0.25) is 10.6 Å². The Hall–Kier alpha value is -2.09. The number of rotatable bonds is 2. The molecule has 28 heavy (non-hydrogen) atoms. The van der Waals surface area contributed by atoms with Crippen molar-refractivity contribution in [1.29, 1.82) is 0 Å². The topological polar surface area (TPSA) is 80.6 Å². The lowest BCUT2D eigenvalue weighted by Gasteiger charge is -2.35. The molecule has 0 unspecified atom stereocenters. The number of hydrogen-bond donors (Lipinski definition) is 1. The monoisotopic (exact) mass is 420 g/mol. The Morgan fingerprint density at radius 3 is 2.79 bits per heavy atom. The number of methoxy groups -OCH3 is 1. The summed E-state index contributed by atoms with van der Waals surface area (Å²) in [6.07, 6.45) is 4.61. The highest BCUT2D eigenvalue weighted by atomic mass is 35.5. The molecule has 5 rings (SSSR count). The van der Waals surface area contributed by atoms with E-state index in [4.69, 9.17) is 32.7 Å². The van der Waals surface area contributed by atoms with Crippen molar-refractivity contribution in [2.45, 2.75) is 37.0 Å². The van der Waals surface area contributed by atoms with Crippen LogP contribution in [-0.2, 0) is 12.0 Å². The van der Waals surface area contributed by atoms with E-state index in [1.165, 1.54) is 0 Å². The lowest BCUT2D eigenvalue weighted by molar-refractivity contribution is 0.0856. The van der Waals surface area contributed by atoms with E-state index >= 15 is 0 Å². The molecule has 3 heterocycles. The molecule has 3 aliphatic rings. The van der Waals surface area contributed by atoms with Gasteiger partial charge in [0.25, 0.3) is 0 Å². The Morgan fingerprint density at radius 1 is 1.25 bits per heavy atom. The second kappa shape index (κ2) is 6.47. The molecule has 1 aliphatic carbocycles. The number of aliphatic hydroxyl groups excluding tert-OH is 1. The molecular formula is C19H18Cl2N4O3. The maximum atomic E-state index is 10.2. The number of nitrogens with zero attached hydrogens (tertiary/aromatic N) is 4. The minimum Gasteiger partial charge on any atom is -0.493 e. The molecule has 0 saturated heterocycles. The van der Waals surface area contributed by atoms with Gasteiger partial charge < -0.3 is 19.5 Å². The SMILES string of the molecule is COc1ccc2c3c1O[C@H]1C[C@@H](O)C=C[C@@]31CCN(c1nc(Cl)nc(Cl)n1)C2. The van der Waals surface area contributed by atoms with Gasteiger partial charge in [-0.05, 0) is 41.3 Å². The molecule has 1 aromatic heterocycles. The zero-order chi connectivity index (χ0) is 19.5. The minimum atomic E-state index is -0.514. The predicted molar refractivity (Wildman–Crippen MR) is 104 cm³/mol. The summed E-state index contributed by atoms with van der Waals surface area (Å²) in [4.78, 5) is 14.4. The maximum absolute atomic E-state index is 10.2. The highest BCUT2D eigenvalue weighted by Crippen LogP contribution is 2.55. The fourth-order valence-corrected chi connectivity index (χ4v) is 4.92. The standard InChI is InChI=1S/C19H18Cl2N4O3/c1-27-12-3-2-10-9-25(18-23-16(20)22-17(21)24-18)7-6-19-5-4-11(26)8-13(19)28-15(12)14(10)19/h2-5,11,13,26H,6-9H2,1H3/t11-,13-,19-/m0/s1. The Balaban J connectivity index is 1.65. The first-order valence-corrected chi connectivity index (χ1v) is 9.82. The number of halogens is 2. The van der Waals surface area contributed by atoms with Gasteiger partial charge in [0.15, 0.2) is 11.5 Å². The van der Waals surface area contributed by atoms with Crippen LogP contribution in [0.25, 0.3) is 0 Å². The van der Waals surface area contributed by atoms with E-state index in [1.54, 1.807) is 7.11 Å². The van der Waals surface area contributed by atoms with Crippen LogP contribution in [0.1, 0.15) is 24.0 Å². The van der Waals surface area contributed by atoms with Crippen LogP contribution < -0.4 is 14.4 Å². The van der Waals surface area contributed by atoms with Crippen LogP contribution in [0.3, 0.4) is 0 Å². The fraction of sp³-hybridized carbons (Fsp3) is 0.421. The molecule has 3 atom stereocenters. The highest BCUT2D eigenvalue weighted by molar-refractivity contribution is 6.31. The van der Waals surface area contributed by atoms with E-state index in [-0.39, 0.29) is 22.1 Å². The highest BCUT2D eigenvalue weighted by Gasteiger charge is 2.53. The van der Waals surface area contributed by atoms with Crippen molar-refractivity contribution in [3.05, 3.63) is 46.0 Å². The summed E-state index contributed by atoms with van der Waals surface area (Å²) in [5, 5.41) is 10.3. The van der Waals surface area contributed by atoms with Crippen molar-refractivity contribution in [1.82, 2.24) is 15.0 Å². The Kier molecular flexibility index (Phi) is 4.15. The molecule has 0 fully saturated rings. The number of benzene rings is 1. The largest absolute Gasteiger partial charge is 0.493 e. The molecule has 0 amide bonds. The summed E-state index contributed by atoms with van der Waals surface area (Å²) >= 11 is 12.0. The smallest absolute Gasteiger partial charge is 0.231 e. The fourth-order valence-electron chi connectivity index (χ4n) is 4.56. The molecule has 0 radical (unpaired) electrons. The molecule has 1 aromatic carbocycles. The Morgan fingerprint density at radius 2 is 2.04 bits per heavy atom. The van der Waals surface area contributed by atoms with Gasteiger partial charge in [0.05, 0.1) is 18.6 Å². The summed E-state index contributed by atoms with van der Waals surface area (Å²) in [5.74, 6) is 1.91. The van der Waals surface area contributed by atoms with Crippen molar-refractivity contribution < 1.29 is 14.6 Å². The molecule has 146 valence electrons. The summed E-state index contributed by atoms with van der Waals surface area (Å²) in [7, 11) is 1.64. The third-order valence-corrected chi connectivity index (χ3v) is 6.15. The second-order valence-corrected chi connectivity index (χ2v) is 7.96. The Labute approximate surface area is 171 Å². The summed E-state index contributed by atoms with van der Waals surface area (Å²) in [5.41, 5.74) is 1.90. The van der Waals surface area contributed by atoms with Gasteiger partial charge in [-0.2, -0.15) is 15.0 Å². The van der Waals surface area contributed by atoms with E-state index in [0.29, 0.717) is 31.2 Å². The molecule has 2 aliphatic heterocycles. The van der Waals surface area contributed by atoms with E-state index in [1.807, 2.05) is 23.1 Å². The Bertz CT molecular complexity index is 966. The molecular weight excluding hydrogens is 403 g/mol. The average Bonchev–Trinajstić information content (AvgIpc) is 2.89. The molecule has 9 heteroatoms. The average molecular weight is 421 g/mol. The van der Waals surface area contributed by atoms with E-state index < -0.39 is 6.10 Å². The van der Waals surface area contributed by atoms with Crippen LogP contribution >= 0.6 is 23.2 Å². The zero-order valence-corrected chi connectivity index (χ0v) is 16.6. The van der Waals surface area contributed by atoms with Gasteiger partial charge in [0.2, 0.25) is 16.5 Å². The lowest BCUT2D eigenvalue weighted by atomic mass is 9.69. The third-order valence-electron chi connectivity index (χ3n) is 5.81. The van der Waals surface area contributed by atoms with Gasteiger partial charge in [-0.1, -0.05) is 18.2 Å². The van der Waals surface area contributed by atoms with Gasteiger partial charge in [0, 0.05) is 25.1 Å². The molecule has 0 bridgehead atoms. The number of anilines is 1. The van der Waals surface area contributed by atoms with Crippen molar-refractivity contribution in [2.24, 2.45) is 0 Å². The number of ether oxygens (including phenoxy) is 2. The van der Waals surface area contributed by atoms with Crippen molar-refractivity contribution in [3.8, 4) is 11.5 Å². The van der Waals surface area contributed by atoms with E-state index in [2.05, 4.69) is 21.0 Å². The van der Waals surface area contributed by atoms with Gasteiger partial charge in [-0.3, -0.25) is 0 Å². The van der Waals surface area contributed by atoms with Crippen LogP contribution in [0.4, 0.5) is 5.95 Å². The van der Waals surface area contributed by atoms with E-state index in [0.717, 1.165) is 23.3 Å². The predicted octanol–water partition coefficient (Wildman–Crippen LogP) is 2.92. The first-order valence-electron chi connectivity index (χ1n) is 9.06. The van der Waals surface area contributed by atoms with Gasteiger partial charge in [-0.15, -0.1) is 0 Å². The number of aromatic nitrogens is 3. The molecule has 1 N–H and O–H groups in total. The van der Waals surface area contributed by atoms with Crippen LogP contribution in [0, 0.1) is 0 Å². The summed E-state index contributed by atoms with van der Waals surface area (Å²) in [6, 6.07) is 3.96.